The van der Waals surface area contributed by atoms with Crippen LogP contribution < -0.4 is 4.74 Å². The lowest BCUT2D eigenvalue weighted by Crippen LogP contribution is -2.29. The van der Waals surface area contributed by atoms with E-state index in [4.69, 9.17) is 0 Å². The summed E-state index contributed by atoms with van der Waals surface area (Å²) in [6, 6.07) is 9.22. The third-order valence-electron chi connectivity index (χ3n) is 5.46. The summed E-state index contributed by atoms with van der Waals surface area (Å²) in [5, 5.41) is 18.1. The van der Waals surface area contributed by atoms with Gasteiger partial charge in [-0.1, -0.05) is 18.2 Å². The molecule has 1 aliphatic rings. The van der Waals surface area contributed by atoms with Gasteiger partial charge < -0.3 is 9.84 Å². The Morgan fingerprint density at radius 1 is 1.14 bits per heavy atom. The van der Waals surface area contributed by atoms with Gasteiger partial charge in [0, 0.05) is 11.8 Å². The van der Waals surface area contributed by atoms with Gasteiger partial charge in [0.15, 0.2) is 5.65 Å². The smallest absolute Gasteiger partial charge is 0.481 e. The van der Waals surface area contributed by atoms with Gasteiger partial charge in [0.1, 0.15) is 11.6 Å². The van der Waals surface area contributed by atoms with Gasteiger partial charge in [0.05, 0.1) is 10.8 Å². The Hall–Kier alpha value is -3.10. The molecule has 1 aromatic carbocycles. The second-order valence-corrected chi connectivity index (χ2v) is 7.72. The molecule has 0 atom stereocenters. The third kappa shape index (κ3) is 3.20. The highest BCUT2D eigenvalue weighted by Gasteiger charge is 2.50. The number of rotatable bonds is 5. The number of halogens is 3. The molecule has 1 fully saturated rings. The molecule has 0 bridgehead atoms. The van der Waals surface area contributed by atoms with Crippen LogP contribution in [-0.4, -0.2) is 32.0 Å². The number of carboxylic acids is 1. The Morgan fingerprint density at radius 2 is 1.79 bits per heavy atom. The maximum absolute atomic E-state index is 12.4. The van der Waals surface area contributed by atoms with E-state index < -0.39 is 23.2 Å². The fraction of sp³-hybridized carbons (Fsp3) is 0.350. The lowest BCUT2D eigenvalue weighted by Gasteiger charge is -2.20. The molecule has 1 aliphatic carbocycles. The van der Waals surface area contributed by atoms with Crippen LogP contribution in [0.1, 0.15) is 43.6 Å². The summed E-state index contributed by atoms with van der Waals surface area (Å²) in [7, 11) is 0. The van der Waals surface area contributed by atoms with Crippen LogP contribution in [0, 0.1) is 0 Å². The number of benzene rings is 1. The van der Waals surface area contributed by atoms with Crippen LogP contribution in [0.4, 0.5) is 13.2 Å². The van der Waals surface area contributed by atoms with Gasteiger partial charge in [-0.25, -0.2) is 0 Å². The number of alkyl halides is 3. The zero-order valence-electron chi connectivity index (χ0n) is 15.7. The van der Waals surface area contributed by atoms with Crippen molar-refractivity contribution in [2.45, 2.75) is 43.9 Å². The zero-order chi connectivity index (χ0) is 21.0. The Balaban J connectivity index is 1.75. The molecular formula is C20H18F3N3O3. The monoisotopic (exact) mass is 405 g/mol. The van der Waals surface area contributed by atoms with E-state index in [1.807, 2.05) is 0 Å². The first-order chi connectivity index (χ1) is 13.5. The predicted octanol–water partition coefficient (Wildman–Crippen LogP) is 4.07. The van der Waals surface area contributed by atoms with Gasteiger partial charge in [-0.3, -0.25) is 9.20 Å². The second kappa shape index (κ2) is 6.20. The number of carbonyl (C=O) groups is 1. The minimum Gasteiger partial charge on any atom is -0.481 e. The third-order valence-corrected chi connectivity index (χ3v) is 5.46. The Bertz CT molecular complexity index is 1080. The van der Waals surface area contributed by atoms with E-state index in [2.05, 4.69) is 14.9 Å². The number of nitrogens with zero attached hydrogens (tertiary/aromatic N) is 3. The molecule has 0 amide bonds. The van der Waals surface area contributed by atoms with Crippen molar-refractivity contribution in [2.24, 2.45) is 0 Å². The number of aromatic nitrogens is 3. The number of hydrogen-bond donors (Lipinski definition) is 1. The van der Waals surface area contributed by atoms with Gasteiger partial charge in [0.25, 0.3) is 0 Å². The number of carboxylic acid groups (broad SMARTS) is 1. The van der Waals surface area contributed by atoms with E-state index in [-0.39, 0.29) is 5.75 Å². The molecule has 4 rings (SSSR count). The van der Waals surface area contributed by atoms with Crippen molar-refractivity contribution < 1.29 is 27.8 Å². The number of aliphatic carboxylic acids is 1. The van der Waals surface area contributed by atoms with Gasteiger partial charge in [-0.2, -0.15) is 0 Å². The van der Waals surface area contributed by atoms with E-state index >= 15 is 0 Å². The molecule has 0 spiro atoms. The molecule has 1 saturated carbocycles. The standard InChI is InChI=1S/C20H18F3N3O3/c1-18(2,17(27)28)14-4-3-11-26-15(14)24-25-16(26)19(9-10-19)12-5-7-13(8-6-12)29-20(21,22)23/h3-8,11H,9-10H2,1-2H3,(H,27,28). The highest BCUT2D eigenvalue weighted by molar-refractivity contribution is 5.83. The van der Waals surface area contributed by atoms with Gasteiger partial charge in [-0.15, -0.1) is 23.4 Å². The number of hydrogen-bond acceptors (Lipinski definition) is 4. The van der Waals surface area contributed by atoms with E-state index in [0.29, 0.717) is 17.0 Å². The van der Waals surface area contributed by atoms with Crippen molar-refractivity contribution in [3.8, 4) is 5.75 Å². The Kier molecular flexibility index (Phi) is 4.11. The number of fused-ring (bicyclic) bond motifs is 1. The van der Waals surface area contributed by atoms with Crippen molar-refractivity contribution in [1.29, 1.82) is 0 Å². The van der Waals surface area contributed by atoms with Gasteiger partial charge >= 0.3 is 12.3 Å². The predicted molar refractivity (Wildman–Crippen MR) is 96.8 cm³/mol. The van der Waals surface area contributed by atoms with Crippen molar-refractivity contribution in [3.05, 3.63) is 59.5 Å². The average Bonchev–Trinajstić information content (AvgIpc) is 3.32. The quantitative estimate of drug-likeness (QED) is 0.693. The van der Waals surface area contributed by atoms with E-state index in [0.717, 1.165) is 18.4 Å². The minimum absolute atomic E-state index is 0.284. The fourth-order valence-electron chi connectivity index (χ4n) is 3.59. The molecule has 0 saturated heterocycles. The van der Waals surface area contributed by atoms with E-state index in [1.165, 1.54) is 12.1 Å². The molecule has 2 heterocycles. The summed E-state index contributed by atoms with van der Waals surface area (Å²) in [4.78, 5) is 11.7. The molecule has 9 heteroatoms. The summed E-state index contributed by atoms with van der Waals surface area (Å²) < 4.78 is 42.9. The average molecular weight is 405 g/mol. The first kappa shape index (κ1) is 19.2. The van der Waals surface area contributed by atoms with Crippen LogP contribution in [0.15, 0.2) is 42.6 Å². The van der Waals surface area contributed by atoms with Gasteiger partial charge in [-0.05, 0) is 50.5 Å². The van der Waals surface area contributed by atoms with Crippen molar-refractivity contribution in [1.82, 2.24) is 14.6 Å². The summed E-state index contributed by atoms with van der Waals surface area (Å²) in [6.45, 7) is 3.20. The fourth-order valence-corrected chi connectivity index (χ4v) is 3.59. The zero-order valence-corrected chi connectivity index (χ0v) is 15.7. The highest BCUT2D eigenvalue weighted by Crippen LogP contribution is 2.53. The summed E-state index contributed by atoms with van der Waals surface area (Å²) in [6.07, 6.45) is -1.44. The van der Waals surface area contributed by atoms with Crippen LogP contribution in [0.25, 0.3) is 5.65 Å². The molecule has 3 aromatic rings. The first-order valence-electron chi connectivity index (χ1n) is 8.99. The van der Waals surface area contributed by atoms with Crippen LogP contribution in [0.3, 0.4) is 0 Å². The second-order valence-electron chi connectivity index (χ2n) is 7.72. The minimum atomic E-state index is -4.74. The molecule has 0 aliphatic heterocycles. The van der Waals surface area contributed by atoms with Crippen LogP contribution >= 0.6 is 0 Å². The lowest BCUT2D eigenvalue weighted by molar-refractivity contribution is -0.274. The molecule has 0 radical (unpaired) electrons. The summed E-state index contributed by atoms with van der Waals surface area (Å²) in [5.74, 6) is -0.620. The normalized spacial score (nSPS) is 16.0. The SMILES string of the molecule is CC(C)(C(=O)O)c1cccn2c(C3(c4ccc(OC(F)(F)F)cc4)CC3)nnc12. The Morgan fingerprint density at radius 3 is 2.34 bits per heavy atom. The lowest BCUT2D eigenvalue weighted by atomic mass is 9.85. The molecule has 2 aromatic heterocycles. The maximum Gasteiger partial charge on any atom is 0.573 e. The molecule has 6 nitrogen and oxygen atoms in total. The summed E-state index contributed by atoms with van der Waals surface area (Å²) >= 11 is 0. The molecule has 0 unspecified atom stereocenters. The molecular weight excluding hydrogens is 387 g/mol. The highest BCUT2D eigenvalue weighted by atomic mass is 19.4. The topological polar surface area (TPSA) is 76.7 Å². The largest absolute Gasteiger partial charge is 0.573 e. The van der Waals surface area contributed by atoms with Crippen molar-refractivity contribution in [2.75, 3.05) is 0 Å². The first-order valence-corrected chi connectivity index (χ1v) is 8.99. The van der Waals surface area contributed by atoms with E-state index in [1.54, 1.807) is 48.7 Å². The number of ether oxygens (including phenoxy) is 1. The number of pyridine rings is 1. The molecule has 1 N–H and O–H groups in total. The summed E-state index contributed by atoms with van der Waals surface area (Å²) in [5.41, 5.74) is 0.181. The molecule has 152 valence electrons. The maximum atomic E-state index is 12.4. The van der Waals surface area contributed by atoms with Crippen LogP contribution in [0.2, 0.25) is 0 Å². The van der Waals surface area contributed by atoms with Gasteiger partial charge in [0.2, 0.25) is 0 Å². The van der Waals surface area contributed by atoms with E-state index in [9.17, 15) is 23.1 Å². The van der Waals surface area contributed by atoms with Crippen LogP contribution in [0.5, 0.6) is 5.75 Å². The van der Waals surface area contributed by atoms with Crippen molar-refractivity contribution in [3.63, 3.8) is 0 Å². The molecule has 29 heavy (non-hydrogen) atoms. The Labute approximate surface area is 163 Å². The van der Waals surface area contributed by atoms with Crippen LogP contribution in [-0.2, 0) is 15.6 Å². The van der Waals surface area contributed by atoms with Crippen molar-refractivity contribution >= 4 is 11.6 Å².